The fourth-order valence-corrected chi connectivity index (χ4v) is 2.11. The van der Waals surface area contributed by atoms with Gasteiger partial charge in [-0.15, -0.1) is 0 Å². The summed E-state index contributed by atoms with van der Waals surface area (Å²) in [6.07, 6.45) is 1.76. The normalized spacial score (nSPS) is 10.3. The Morgan fingerprint density at radius 2 is 2.19 bits per heavy atom. The molecule has 0 aliphatic carbocycles. The number of benzene rings is 1. The molecule has 0 aliphatic rings. The van der Waals surface area contributed by atoms with E-state index in [9.17, 15) is 5.11 Å². The predicted octanol–water partition coefficient (Wildman–Crippen LogP) is 2.78. The number of aromatic nitrogens is 2. The Bertz CT molecular complexity index is 442. The average Bonchev–Trinajstić information content (AvgIpc) is 2.27. The number of nitrogens with zero attached hydrogens (tertiary/aromatic N) is 2. The first-order chi connectivity index (χ1) is 7.74. The van der Waals surface area contributed by atoms with E-state index in [2.05, 4.69) is 9.97 Å². The van der Waals surface area contributed by atoms with E-state index in [-0.39, 0.29) is 0 Å². The number of aromatic hydroxyl groups is 1. The summed E-state index contributed by atoms with van der Waals surface area (Å²) in [7, 11) is 0. The summed E-state index contributed by atoms with van der Waals surface area (Å²) in [6, 6.07) is 9.10. The van der Waals surface area contributed by atoms with Gasteiger partial charge in [0.2, 0.25) is 0 Å². The molecule has 1 heterocycles. The molecule has 16 heavy (non-hydrogen) atoms. The lowest BCUT2D eigenvalue weighted by molar-refractivity contribution is 0.475. The molecular formula is C12H12N2OS. The van der Waals surface area contributed by atoms with Gasteiger partial charge in [-0.25, -0.2) is 9.97 Å². The first-order valence-electron chi connectivity index (χ1n) is 4.94. The molecule has 0 atom stereocenters. The van der Waals surface area contributed by atoms with Crippen molar-refractivity contribution in [1.82, 2.24) is 9.97 Å². The third-order valence-corrected chi connectivity index (χ3v) is 2.98. The van der Waals surface area contributed by atoms with Crippen molar-refractivity contribution in [2.75, 3.05) is 0 Å². The summed E-state index contributed by atoms with van der Waals surface area (Å²) < 4.78 is 0. The second-order valence-corrected chi connectivity index (χ2v) is 4.38. The van der Waals surface area contributed by atoms with Gasteiger partial charge < -0.3 is 5.11 Å². The second-order valence-electron chi connectivity index (χ2n) is 3.44. The lowest BCUT2D eigenvalue weighted by Crippen LogP contribution is -1.89. The van der Waals surface area contributed by atoms with Gasteiger partial charge in [0.05, 0.1) is 0 Å². The second kappa shape index (κ2) is 4.99. The highest BCUT2D eigenvalue weighted by molar-refractivity contribution is 7.98. The van der Waals surface area contributed by atoms with Crippen LogP contribution in [0, 0.1) is 6.92 Å². The molecular weight excluding hydrogens is 220 g/mol. The third kappa shape index (κ3) is 2.97. The van der Waals surface area contributed by atoms with Gasteiger partial charge in [0.1, 0.15) is 5.75 Å². The maximum atomic E-state index is 9.31. The summed E-state index contributed by atoms with van der Waals surface area (Å²) in [5.74, 6) is 1.06. The maximum absolute atomic E-state index is 9.31. The number of rotatable bonds is 3. The topological polar surface area (TPSA) is 46.0 Å². The van der Waals surface area contributed by atoms with Crippen molar-refractivity contribution in [3.63, 3.8) is 0 Å². The zero-order valence-corrected chi connectivity index (χ0v) is 9.74. The Kier molecular flexibility index (Phi) is 3.41. The van der Waals surface area contributed by atoms with Crippen LogP contribution in [0.4, 0.5) is 0 Å². The molecule has 1 N–H and O–H groups in total. The molecule has 4 heteroatoms. The van der Waals surface area contributed by atoms with E-state index in [0.29, 0.717) is 5.75 Å². The van der Waals surface area contributed by atoms with Gasteiger partial charge in [-0.05, 0) is 30.7 Å². The van der Waals surface area contributed by atoms with Crippen molar-refractivity contribution in [3.05, 3.63) is 47.8 Å². The van der Waals surface area contributed by atoms with Crippen molar-refractivity contribution in [2.24, 2.45) is 0 Å². The molecule has 0 radical (unpaired) electrons. The molecule has 0 saturated carbocycles. The zero-order valence-electron chi connectivity index (χ0n) is 8.92. The van der Waals surface area contributed by atoms with Crippen molar-refractivity contribution in [2.45, 2.75) is 17.8 Å². The Balaban J connectivity index is 2.02. The minimum atomic E-state index is 0.295. The van der Waals surface area contributed by atoms with Crippen LogP contribution in [-0.4, -0.2) is 15.1 Å². The molecule has 1 aromatic carbocycles. The standard InChI is InChI=1S/C12H12N2OS/c1-9-5-6-13-12(14-9)16-8-10-3-2-4-11(15)7-10/h2-7,15H,8H2,1H3. The molecule has 0 saturated heterocycles. The van der Waals surface area contributed by atoms with E-state index >= 15 is 0 Å². The first kappa shape index (κ1) is 11.0. The number of hydrogen-bond donors (Lipinski definition) is 1. The van der Waals surface area contributed by atoms with Crippen molar-refractivity contribution < 1.29 is 5.11 Å². The molecule has 0 amide bonds. The fraction of sp³-hybridized carbons (Fsp3) is 0.167. The number of thioether (sulfide) groups is 1. The average molecular weight is 232 g/mol. The van der Waals surface area contributed by atoms with E-state index in [0.717, 1.165) is 22.2 Å². The quantitative estimate of drug-likeness (QED) is 0.653. The number of aryl methyl sites for hydroxylation is 1. The van der Waals surface area contributed by atoms with Gasteiger partial charge in [-0.3, -0.25) is 0 Å². The number of phenolic OH excluding ortho intramolecular Hbond substituents is 1. The molecule has 0 spiro atoms. The Hall–Kier alpha value is -1.55. The minimum Gasteiger partial charge on any atom is -0.508 e. The van der Waals surface area contributed by atoms with Gasteiger partial charge in [0, 0.05) is 17.6 Å². The molecule has 0 aliphatic heterocycles. The van der Waals surface area contributed by atoms with Crippen LogP contribution in [0.1, 0.15) is 11.3 Å². The Morgan fingerprint density at radius 1 is 1.31 bits per heavy atom. The predicted molar refractivity (Wildman–Crippen MR) is 64.4 cm³/mol. The first-order valence-corrected chi connectivity index (χ1v) is 5.93. The van der Waals surface area contributed by atoms with Crippen LogP contribution in [0.15, 0.2) is 41.7 Å². The van der Waals surface area contributed by atoms with Crippen LogP contribution in [-0.2, 0) is 5.75 Å². The van der Waals surface area contributed by atoms with E-state index in [4.69, 9.17) is 0 Å². The highest BCUT2D eigenvalue weighted by Gasteiger charge is 2.00. The SMILES string of the molecule is Cc1ccnc(SCc2cccc(O)c2)n1. The van der Waals surface area contributed by atoms with Crippen LogP contribution in [0.3, 0.4) is 0 Å². The molecule has 1 aromatic heterocycles. The van der Waals surface area contributed by atoms with E-state index in [1.807, 2.05) is 25.1 Å². The van der Waals surface area contributed by atoms with Crippen LogP contribution >= 0.6 is 11.8 Å². The molecule has 0 bridgehead atoms. The lowest BCUT2D eigenvalue weighted by Gasteiger charge is -2.01. The van der Waals surface area contributed by atoms with E-state index in [1.54, 1.807) is 30.1 Å². The number of hydrogen-bond acceptors (Lipinski definition) is 4. The molecule has 2 rings (SSSR count). The summed E-state index contributed by atoms with van der Waals surface area (Å²) >= 11 is 1.56. The van der Waals surface area contributed by atoms with Crippen LogP contribution in [0.5, 0.6) is 5.75 Å². The lowest BCUT2D eigenvalue weighted by atomic mass is 10.2. The van der Waals surface area contributed by atoms with Gasteiger partial charge in [0.25, 0.3) is 0 Å². The molecule has 0 unspecified atom stereocenters. The highest BCUT2D eigenvalue weighted by atomic mass is 32.2. The monoisotopic (exact) mass is 232 g/mol. The summed E-state index contributed by atoms with van der Waals surface area (Å²) in [5.41, 5.74) is 2.03. The minimum absolute atomic E-state index is 0.295. The summed E-state index contributed by atoms with van der Waals surface area (Å²) in [4.78, 5) is 8.47. The molecule has 3 nitrogen and oxygen atoms in total. The van der Waals surface area contributed by atoms with Crippen molar-refractivity contribution in [3.8, 4) is 5.75 Å². The van der Waals surface area contributed by atoms with Gasteiger partial charge in [-0.2, -0.15) is 0 Å². The van der Waals surface area contributed by atoms with Gasteiger partial charge in [0.15, 0.2) is 5.16 Å². The molecule has 82 valence electrons. The largest absolute Gasteiger partial charge is 0.508 e. The smallest absolute Gasteiger partial charge is 0.188 e. The summed E-state index contributed by atoms with van der Waals surface area (Å²) in [5, 5.41) is 10.1. The Labute approximate surface area is 98.6 Å². The van der Waals surface area contributed by atoms with Crippen molar-refractivity contribution >= 4 is 11.8 Å². The Morgan fingerprint density at radius 3 is 2.94 bits per heavy atom. The van der Waals surface area contributed by atoms with Crippen molar-refractivity contribution in [1.29, 1.82) is 0 Å². The zero-order chi connectivity index (χ0) is 11.4. The summed E-state index contributed by atoms with van der Waals surface area (Å²) in [6.45, 7) is 1.94. The fourth-order valence-electron chi connectivity index (χ4n) is 1.29. The number of phenols is 1. The maximum Gasteiger partial charge on any atom is 0.188 e. The van der Waals surface area contributed by atoms with Gasteiger partial charge >= 0.3 is 0 Å². The van der Waals surface area contributed by atoms with Crippen LogP contribution < -0.4 is 0 Å². The highest BCUT2D eigenvalue weighted by Crippen LogP contribution is 2.21. The third-order valence-electron chi connectivity index (χ3n) is 2.05. The van der Waals surface area contributed by atoms with Crippen LogP contribution in [0.2, 0.25) is 0 Å². The van der Waals surface area contributed by atoms with E-state index in [1.165, 1.54) is 0 Å². The van der Waals surface area contributed by atoms with Crippen LogP contribution in [0.25, 0.3) is 0 Å². The van der Waals surface area contributed by atoms with E-state index < -0.39 is 0 Å². The van der Waals surface area contributed by atoms with Gasteiger partial charge in [-0.1, -0.05) is 23.9 Å². The molecule has 0 fully saturated rings. The molecule has 2 aromatic rings.